The van der Waals surface area contributed by atoms with Crippen molar-refractivity contribution in [2.45, 2.75) is 32.4 Å². The third-order valence-electron chi connectivity index (χ3n) is 6.08. The SMILES string of the molecule is COc1cccc(CN2CCC[C@@]3(CCN(Cc4ccc(F)cc4)C3)C2=O)c1. The first-order valence-electron chi connectivity index (χ1n) is 9.97. The molecule has 2 fully saturated rings. The Labute approximate surface area is 165 Å². The van der Waals surface area contributed by atoms with Crippen molar-refractivity contribution in [3.63, 3.8) is 0 Å². The first-order chi connectivity index (χ1) is 13.6. The number of halogens is 1. The number of carbonyl (C=O) groups is 1. The van der Waals surface area contributed by atoms with Gasteiger partial charge in [-0.25, -0.2) is 4.39 Å². The number of methoxy groups -OCH3 is 1. The molecule has 1 amide bonds. The van der Waals surface area contributed by atoms with E-state index in [0.29, 0.717) is 6.54 Å². The first kappa shape index (κ1) is 18.9. The van der Waals surface area contributed by atoms with Gasteiger partial charge in [-0.3, -0.25) is 9.69 Å². The molecule has 0 unspecified atom stereocenters. The molecule has 2 aromatic carbocycles. The number of amides is 1. The molecule has 0 bridgehead atoms. The second kappa shape index (κ2) is 7.92. The number of hydrogen-bond donors (Lipinski definition) is 0. The summed E-state index contributed by atoms with van der Waals surface area (Å²) < 4.78 is 18.4. The van der Waals surface area contributed by atoms with E-state index in [1.54, 1.807) is 7.11 Å². The summed E-state index contributed by atoms with van der Waals surface area (Å²) in [5.41, 5.74) is 1.93. The van der Waals surface area contributed by atoms with Crippen LogP contribution in [0.2, 0.25) is 0 Å². The number of rotatable bonds is 5. The molecule has 0 saturated carbocycles. The van der Waals surface area contributed by atoms with Gasteiger partial charge in [0.1, 0.15) is 11.6 Å². The molecule has 0 aliphatic carbocycles. The summed E-state index contributed by atoms with van der Waals surface area (Å²) in [6.45, 7) is 3.92. The van der Waals surface area contributed by atoms with Crippen LogP contribution in [0, 0.1) is 11.2 Å². The summed E-state index contributed by atoms with van der Waals surface area (Å²) in [4.78, 5) is 17.7. The van der Waals surface area contributed by atoms with Crippen molar-refractivity contribution < 1.29 is 13.9 Å². The normalized spacial score (nSPS) is 22.8. The van der Waals surface area contributed by atoms with Crippen molar-refractivity contribution >= 4 is 5.91 Å². The molecule has 0 radical (unpaired) electrons. The molecule has 2 saturated heterocycles. The highest BCUT2D eigenvalue weighted by Gasteiger charge is 2.48. The van der Waals surface area contributed by atoms with Gasteiger partial charge in [0.05, 0.1) is 12.5 Å². The second-order valence-electron chi connectivity index (χ2n) is 8.05. The smallest absolute Gasteiger partial charge is 0.230 e. The van der Waals surface area contributed by atoms with Crippen molar-refractivity contribution in [1.29, 1.82) is 0 Å². The maximum atomic E-state index is 13.4. The van der Waals surface area contributed by atoms with E-state index in [0.717, 1.165) is 62.3 Å². The van der Waals surface area contributed by atoms with Crippen LogP contribution in [0.4, 0.5) is 4.39 Å². The summed E-state index contributed by atoms with van der Waals surface area (Å²) in [6.07, 6.45) is 2.90. The van der Waals surface area contributed by atoms with Crippen LogP contribution >= 0.6 is 0 Å². The quantitative estimate of drug-likeness (QED) is 0.788. The highest BCUT2D eigenvalue weighted by atomic mass is 19.1. The summed E-state index contributed by atoms with van der Waals surface area (Å²) in [5.74, 6) is 0.892. The lowest BCUT2D eigenvalue weighted by Gasteiger charge is -2.39. The summed E-state index contributed by atoms with van der Waals surface area (Å²) in [7, 11) is 1.66. The number of likely N-dealkylation sites (tertiary alicyclic amines) is 2. The van der Waals surface area contributed by atoms with Crippen LogP contribution in [-0.2, 0) is 17.9 Å². The zero-order valence-corrected chi connectivity index (χ0v) is 16.4. The fourth-order valence-electron chi connectivity index (χ4n) is 4.61. The number of nitrogens with zero attached hydrogens (tertiary/aromatic N) is 2. The monoisotopic (exact) mass is 382 g/mol. The van der Waals surface area contributed by atoms with E-state index in [2.05, 4.69) is 4.90 Å². The number of piperidine rings is 1. The van der Waals surface area contributed by atoms with Crippen molar-refractivity contribution in [1.82, 2.24) is 9.80 Å². The molecule has 0 aromatic heterocycles. The van der Waals surface area contributed by atoms with Gasteiger partial charge in [0.25, 0.3) is 0 Å². The minimum absolute atomic E-state index is 0.211. The zero-order chi connectivity index (χ0) is 19.6. The molecule has 2 heterocycles. The zero-order valence-electron chi connectivity index (χ0n) is 16.4. The van der Waals surface area contributed by atoms with Crippen LogP contribution < -0.4 is 4.74 Å². The van der Waals surface area contributed by atoms with Gasteiger partial charge in [0.2, 0.25) is 5.91 Å². The van der Waals surface area contributed by atoms with Gasteiger partial charge in [-0.05, 0) is 61.2 Å². The Kier molecular flexibility index (Phi) is 5.36. The maximum Gasteiger partial charge on any atom is 0.230 e. The fourth-order valence-corrected chi connectivity index (χ4v) is 4.61. The first-order valence-corrected chi connectivity index (χ1v) is 9.97. The molecule has 1 spiro atoms. The Morgan fingerprint density at radius 3 is 2.64 bits per heavy atom. The van der Waals surface area contributed by atoms with Crippen LogP contribution in [0.5, 0.6) is 5.75 Å². The fraction of sp³-hybridized carbons (Fsp3) is 0.435. The Morgan fingerprint density at radius 1 is 1.04 bits per heavy atom. The highest BCUT2D eigenvalue weighted by Crippen LogP contribution is 2.41. The summed E-state index contributed by atoms with van der Waals surface area (Å²) >= 11 is 0. The molecule has 148 valence electrons. The predicted octanol–water partition coefficient (Wildman–Crippen LogP) is 3.85. The van der Waals surface area contributed by atoms with Gasteiger partial charge in [0.15, 0.2) is 0 Å². The average molecular weight is 382 g/mol. The predicted molar refractivity (Wildman–Crippen MR) is 106 cm³/mol. The highest BCUT2D eigenvalue weighted by molar-refractivity contribution is 5.84. The Bertz CT molecular complexity index is 839. The van der Waals surface area contributed by atoms with Crippen LogP contribution in [0.1, 0.15) is 30.4 Å². The van der Waals surface area contributed by atoms with Crippen LogP contribution in [0.15, 0.2) is 48.5 Å². The molecule has 2 aliphatic rings. The lowest BCUT2D eigenvalue weighted by molar-refractivity contribution is -0.146. The molecule has 28 heavy (non-hydrogen) atoms. The van der Waals surface area contributed by atoms with Crippen LogP contribution in [-0.4, -0.2) is 42.5 Å². The average Bonchev–Trinajstić information content (AvgIpc) is 3.11. The van der Waals surface area contributed by atoms with Crippen LogP contribution in [0.25, 0.3) is 0 Å². The number of benzene rings is 2. The van der Waals surface area contributed by atoms with Gasteiger partial charge in [-0.1, -0.05) is 24.3 Å². The second-order valence-corrected chi connectivity index (χ2v) is 8.05. The molecular weight excluding hydrogens is 355 g/mol. The topological polar surface area (TPSA) is 32.8 Å². The van der Waals surface area contributed by atoms with Crippen molar-refractivity contribution in [3.8, 4) is 5.75 Å². The maximum absolute atomic E-state index is 13.4. The molecule has 5 heteroatoms. The summed E-state index contributed by atoms with van der Waals surface area (Å²) in [5, 5.41) is 0. The van der Waals surface area contributed by atoms with Gasteiger partial charge < -0.3 is 9.64 Å². The third-order valence-corrected chi connectivity index (χ3v) is 6.08. The number of hydrogen-bond acceptors (Lipinski definition) is 3. The summed E-state index contributed by atoms with van der Waals surface area (Å²) in [6, 6.07) is 14.6. The Hall–Kier alpha value is -2.40. The molecule has 4 rings (SSSR count). The number of ether oxygens (including phenoxy) is 1. The molecule has 2 aliphatic heterocycles. The molecule has 0 N–H and O–H groups in total. The Morgan fingerprint density at radius 2 is 1.86 bits per heavy atom. The van der Waals surface area contributed by atoms with Gasteiger partial charge in [-0.15, -0.1) is 0 Å². The van der Waals surface area contributed by atoms with Crippen LogP contribution in [0.3, 0.4) is 0 Å². The van der Waals surface area contributed by atoms with E-state index >= 15 is 0 Å². The van der Waals surface area contributed by atoms with E-state index < -0.39 is 0 Å². The molecular formula is C23H27FN2O2. The van der Waals surface area contributed by atoms with E-state index in [1.807, 2.05) is 41.3 Å². The van der Waals surface area contributed by atoms with E-state index in [4.69, 9.17) is 4.74 Å². The van der Waals surface area contributed by atoms with Gasteiger partial charge in [0, 0.05) is 26.2 Å². The third kappa shape index (κ3) is 3.90. The van der Waals surface area contributed by atoms with Crippen molar-refractivity contribution in [3.05, 3.63) is 65.5 Å². The molecule has 1 atom stereocenters. The van der Waals surface area contributed by atoms with Gasteiger partial charge in [-0.2, -0.15) is 0 Å². The minimum atomic E-state index is -0.267. The molecule has 2 aromatic rings. The molecule has 4 nitrogen and oxygen atoms in total. The van der Waals surface area contributed by atoms with E-state index in [1.165, 1.54) is 12.1 Å². The van der Waals surface area contributed by atoms with E-state index in [-0.39, 0.29) is 17.1 Å². The lowest BCUT2D eigenvalue weighted by Crippen LogP contribution is -2.49. The lowest BCUT2D eigenvalue weighted by atomic mass is 9.78. The Balaban J connectivity index is 1.43. The number of carbonyl (C=O) groups excluding carboxylic acids is 1. The van der Waals surface area contributed by atoms with Crippen molar-refractivity contribution in [2.24, 2.45) is 5.41 Å². The van der Waals surface area contributed by atoms with Gasteiger partial charge >= 0.3 is 0 Å². The minimum Gasteiger partial charge on any atom is -0.497 e. The van der Waals surface area contributed by atoms with Crippen molar-refractivity contribution in [2.75, 3.05) is 26.7 Å². The largest absolute Gasteiger partial charge is 0.497 e. The standard InChI is InChI=1S/C23H27FN2O2/c1-28-21-5-2-4-19(14-21)16-26-12-3-10-23(22(26)27)11-13-25(17-23)15-18-6-8-20(24)9-7-18/h2,4-9,14H,3,10-13,15-17H2,1H3/t23-/m0/s1. The van der Waals surface area contributed by atoms with E-state index in [9.17, 15) is 9.18 Å².